The Bertz CT molecular complexity index is 543. The molecule has 1 aromatic rings. The molecule has 0 saturated heterocycles. The molecular weight excluding hydrogens is 266 g/mol. The van der Waals surface area contributed by atoms with E-state index in [-0.39, 0.29) is 23.4 Å². The van der Waals surface area contributed by atoms with Crippen LogP contribution < -0.4 is 15.8 Å². The number of hydrogen-bond acceptors (Lipinski definition) is 4. The Morgan fingerprint density at radius 1 is 1.42 bits per heavy atom. The summed E-state index contributed by atoms with van der Waals surface area (Å²) in [5.41, 5.74) is 5.59. The Morgan fingerprint density at radius 2 is 2.11 bits per heavy atom. The first-order chi connectivity index (χ1) is 8.89. The second-order valence-electron chi connectivity index (χ2n) is 4.21. The summed E-state index contributed by atoms with van der Waals surface area (Å²) in [5.74, 6) is -0.371. The normalized spacial score (nSPS) is 13.0. The van der Waals surface area contributed by atoms with Gasteiger partial charge >= 0.3 is 0 Å². The topological polar surface area (TPSA) is 101 Å². The Hall–Kier alpha value is -1.44. The minimum absolute atomic E-state index is 0.114. The minimum atomic E-state index is -3.57. The van der Waals surface area contributed by atoms with E-state index in [4.69, 9.17) is 5.73 Å². The fraction of sp³-hybridized carbons (Fsp3) is 0.417. The molecular formula is C12H19N3O3S. The van der Waals surface area contributed by atoms with Crippen molar-refractivity contribution in [1.29, 1.82) is 0 Å². The summed E-state index contributed by atoms with van der Waals surface area (Å²) < 4.78 is 26.7. The number of benzene rings is 1. The Labute approximate surface area is 113 Å². The molecule has 1 rings (SSSR count). The minimum Gasteiger partial charge on any atom is -0.325 e. The highest BCUT2D eigenvalue weighted by Gasteiger charge is 2.16. The number of hydrogen-bond donors (Lipinski definition) is 3. The van der Waals surface area contributed by atoms with E-state index in [0.29, 0.717) is 12.1 Å². The van der Waals surface area contributed by atoms with E-state index < -0.39 is 10.0 Å². The van der Waals surface area contributed by atoms with E-state index in [9.17, 15) is 13.2 Å². The molecule has 7 heteroatoms. The van der Waals surface area contributed by atoms with Crippen LogP contribution in [0.15, 0.2) is 29.2 Å². The number of sulfonamides is 1. The molecule has 0 heterocycles. The third-order valence-corrected chi connectivity index (χ3v) is 4.17. The van der Waals surface area contributed by atoms with E-state index in [1.54, 1.807) is 19.1 Å². The first kappa shape index (κ1) is 15.6. The highest BCUT2D eigenvalue weighted by Crippen LogP contribution is 2.15. The zero-order valence-electron chi connectivity index (χ0n) is 11.0. The van der Waals surface area contributed by atoms with Crippen molar-refractivity contribution >= 4 is 21.6 Å². The van der Waals surface area contributed by atoms with Gasteiger partial charge in [-0.3, -0.25) is 4.79 Å². The lowest BCUT2D eigenvalue weighted by atomic mass is 10.3. The second kappa shape index (κ2) is 6.65. The van der Waals surface area contributed by atoms with Crippen molar-refractivity contribution in [3.05, 3.63) is 24.3 Å². The molecule has 0 bridgehead atoms. The number of anilines is 1. The fourth-order valence-electron chi connectivity index (χ4n) is 1.37. The number of carbonyl (C=O) groups is 1. The molecule has 0 aliphatic rings. The zero-order chi connectivity index (χ0) is 14.5. The maximum atomic E-state index is 12.1. The van der Waals surface area contributed by atoms with E-state index in [2.05, 4.69) is 10.0 Å². The van der Waals surface area contributed by atoms with Gasteiger partial charge in [-0.25, -0.2) is 13.1 Å². The largest absolute Gasteiger partial charge is 0.325 e. The van der Waals surface area contributed by atoms with Crippen LogP contribution in [0.1, 0.15) is 20.3 Å². The number of nitrogens with two attached hydrogens (primary N) is 1. The van der Waals surface area contributed by atoms with E-state index in [1.165, 1.54) is 12.1 Å². The van der Waals surface area contributed by atoms with Crippen molar-refractivity contribution in [1.82, 2.24) is 4.72 Å². The predicted molar refractivity (Wildman–Crippen MR) is 74.2 cm³/mol. The Morgan fingerprint density at radius 3 is 2.68 bits per heavy atom. The number of carbonyl (C=O) groups excluding carboxylic acids is 1. The van der Waals surface area contributed by atoms with Crippen LogP contribution in [0, 0.1) is 0 Å². The van der Waals surface area contributed by atoms with Gasteiger partial charge in [0.15, 0.2) is 0 Å². The average molecular weight is 285 g/mol. The van der Waals surface area contributed by atoms with Crippen LogP contribution >= 0.6 is 0 Å². The number of nitrogens with one attached hydrogen (secondary N) is 2. The second-order valence-corrected chi connectivity index (χ2v) is 5.92. The first-order valence-electron chi connectivity index (χ1n) is 6.01. The predicted octanol–water partition coefficient (Wildman–Crippen LogP) is 0.661. The van der Waals surface area contributed by atoms with Gasteiger partial charge in [-0.05, 0) is 31.5 Å². The summed E-state index contributed by atoms with van der Waals surface area (Å²) in [6.07, 6.45) is 0.697. The van der Waals surface area contributed by atoms with Gasteiger partial charge in [0, 0.05) is 11.7 Å². The smallest absolute Gasteiger partial charge is 0.240 e. The lowest BCUT2D eigenvalue weighted by molar-refractivity contribution is -0.114. The Kier molecular flexibility index (Phi) is 5.46. The summed E-state index contributed by atoms with van der Waals surface area (Å²) in [6, 6.07) is 5.90. The van der Waals surface area contributed by atoms with Crippen LogP contribution in [0.25, 0.3) is 0 Å². The van der Waals surface area contributed by atoms with Crippen LogP contribution in [-0.4, -0.2) is 26.9 Å². The van der Waals surface area contributed by atoms with Crippen LogP contribution in [-0.2, 0) is 14.8 Å². The molecule has 106 valence electrons. The molecule has 0 saturated carbocycles. The standard InChI is InChI=1S/C12H19N3O3S/c1-3-9(2)15-19(17,18)11-6-4-5-10(7-11)14-12(16)8-13/h4-7,9,15H,3,8,13H2,1-2H3,(H,14,16). The van der Waals surface area contributed by atoms with Gasteiger partial charge in [0.25, 0.3) is 0 Å². The van der Waals surface area contributed by atoms with Gasteiger partial charge < -0.3 is 11.1 Å². The van der Waals surface area contributed by atoms with Crippen molar-refractivity contribution in [2.24, 2.45) is 5.73 Å². The molecule has 0 aromatic heterocycles. The van der Waals surface area contributed by atoms with Crippen LogP contribution in [0.3, 0.4) is 0 Å². The van der Waals surface area contributed by atoms with Gasteiger partial charge in [0.05, 0.1) is 11.4 Å². The highest BCUT2D eigenvalue weighted by atomic mass is 32.2. The van der Waals surface area contributed by atoms with Crippen molar-refractivity contribution in [2.45, 2.75) is 31.2 Å². The molecule has 0 fully saturated rings. The van der Waals surface area contributed by atoms with Crippen LogP contribution in [0.5, 0.6) is 0 Å². The molecule has 0 radical (unpaired) electrons. The summed E-state index contributed by atoms with van der Waals surface area (Å²) in [5, 5.41) is 2.52. The van der Waals surface area contributed by atoms with E-state index >= 15 is 0 Å². The molecule has 0 spiro atoms. The molecule has 1 atom stereocenters. The van der Waals surface area contributed by atoms with Crippen LogP contribution in [0.2, 0.25) is 0 Å². The molecule has 1 unspecified atom stereocenters. The van der Waals surface area contributed by atoms with Crippen molar-refractivity contribution < 1.29 is 13.2 Å². The van der Waals surface area contributed by atoms with Crippen molar-refractivity contribution in [2.75, 3.05) is 11.9 Å². The van der Waals surface area contributed by atoms with Crippen LogP contribution in [0.4, 0.5) is 5.69 Å². The Balaban J connectivity index is 2.95. The van der Waals surface area contributed by atoms with Gasteiger partial charge in [-0.1, -0.05) is 13.0 Å². The third kappa shape index (κ3) is 4.62. The van der Waals surface area contributed by atoms with E-state index in [0.717, 1.165) is 0 Å². The van der Waals surface area contributed by atoms with E-state index in [1.807, 2.05) is 6.92 Å². The summed E-state index contributed by atoms with van der Waals surface area (Å²) in [7, 11) is -3.57. The molecule has 1 amide bonds. The van der Waals surface area contributed by atoms with Gasteiger partial charge in [-0.15, -0.1) is 0 Å². The summed E-state index contributed by atoms with van der Waals surface area (Å²) in [6.45, 7) is 3.53. The molecule has 19 heavy (non-hydrogen) atoms. The molecule has 1 aromatic carbocycles. The summed E-state index contributed by atoms with van der Waals surface area (Å²) in [4.78, 5) is 11.3. The van der Waals surface area contributed by atoms with Crippen molar-refractivity contribution in [3.8, 4) is 0 Å². The van der Waals surface area contributed by atoms with Gasteiger partial charge in [0.1, 0.15) is 0 Å². The lowest BCUT2D eigenvalue weighted by Crippen LogP contribution is -2.32. The lowest BCUT2D eigenvalue weighted by Gasteiger charge is -2.13. The maximum Gasteiger partial charge on any atom is 0.240 e. The zero-order valence-corrected chi connectivity index (χ0v) is 11.8. The highest BCUT2D eigenvalue weighted by molar-refractivity contribution is 7.89. The average Bonchev–Trinajstić information content (AvgIpc) is 2.38. The number of amides is 1. The number of rotatable bonds is 6. The molecule has 6 nitrogen and oxygen atoms in total. The fourth-order valence-corrected chi connectivity index (χ4v) is 2.74. The molecule has 0 aliphatic carbocycles. The summed E-state index contributed by atoms with van der Waals surface area (Å²) >= 11 is 0. The third-order valence-electron chi connectivity index (χ3n) is 2.58. The monoisotopic (exact) mass is 285 g/mol. The van der Waals surface area contributed by atoms with Gasteiger partial charge in [0.2, 0.25) is 15.9 Å². The molecule has 4 N–H and O–H groups in total. The van der Waals surface area contributed by atoms with Gasteiger partial charge in [-0.2, -0.15) is 0 Å². The maximum absolute atomic E-state index is 12.1. The van der Waals surface area contributed by atoms with Crippen molar-refractivity contribution in [3.63, 3.8) is 0 Å². The molecule has 0 aliphatic heterocycles. The first-order valence-corrected chi connectivity index (χ1v) is 7.49. The SMILES string of the molecule is CCC(C)NS(=O)(=O)c1cccc(NC(=O)CN)c1. The quantitative estimate of drug-likeness (QED) is 0.714.